The van der Waals surface area contributed by atoms with Crippen molar-refractivity contribution in [2.24, 2.45) is 0 Å². The second kappa shape index (κ2) is 7.80. The lowest BCUT2D eigenvalue weighted by atomic mass is 9.98. The number of anilines is 2. The molecule has 0 spiro atoms. The van der Waals surface area contributed by atoms with E-state index in [9.17, 15) is 18.5 Å². The fourth-order valence-electron chi connectivity index (χ4n) is 3.49. The minimum absolute atomic E-state index is 0.0109. The van der Waals surface area contributed by atoms with Crippen molar-refractivity contribution in [1.82, 2.24) is 9.97 Å². The molecule has 2 N–H and O–H groups in total. The van der Waals surface area contributed by atoms with Crippen LogP contribution < -0.4 is 9.62 Å². The number of nitrogens with one attached hydrogen (secondary N) is 2. The van der Waals surface area contributed by atoms with Crippen LogP contribution in [0.1, 0.15) is 31.7 Å². The fourth-order valence-corrected chi connectivity index (χ4v) is 4.62. The van der Waals surface area contributed by atoms with Crippen LogP contribution in [0.25, 0.3) is 22.2 Å². The van der Waals surface area contributed by atoms with Gasteiger partial charge in [-0.3, -0.25) is 14.4 Å². The lowest BCUT2D eigenvalue weighted by molar-refractivity contribution is -0.107. The Balaban J connectivity index is 1.81. The number of carbonyl (C=O) groups excluding carboxylic acids is 1. The summed E-state index contributed by atoms with van der Waals surface area (Å²) in [5.74, 6) is 0.533. The van der Waals surface area contributed by atoms with Crippen LogP contribution in [0.15, 0.2) is 36.5 Å². The number of fused-ring (bicyclic) bond motifs is 1. The Bertz CT molecular complexity index is 1260. The molecular weight excluding hydrogens is 402 g/mol. The minimum atomic E-state index is -3.46. The number of aromatic nitrogens is 2. The van der Waals surface area contributed by atoms with Gasteiger partial charge < -0.3 is 4.98 Å². The summed E-state index contributed by atoms with van der Waals surface area (Å²) in [6, 6.07) is 10.9. The monoisotopic (exact) mass is 423 g/mol. The van der Waals surface area contributed by atoms with Gasteiger partial charge in [-0.2, -0.15) is 5.26 Å². The first-order valence-corrected chi connectivity index (χ1v) is 11.4. The molecule has 30 heavy (non-hydrogen) atoms. The smallest absolute Gasteiger partial charge is 0.232 e. The van der Waals surface area contributed by atoms with E-state index in [4.69, 9.17) is 0 Å². The number of pyridine rings is 1. The highest BCUT2D eigenvalue weighted by Gasteiger charge is 2.30. The number of hydrogen-bond acceptors (Lipinski definition) is 5. The maximum Gasteiger partial charge on any atom is 0.232 e. The van der Waals surface area contributed by atoms with Crippen LogP contribution in [0, 0.1) is 11.3 Å². The topological polar surface area (TPSA) is 119 Å². The lowest BCUT2D eigenvalue weighted by Crippen LogP contribution is -2.24. The first-order chi connectivity index (χ1) is 14.5. The average Bonchev–Trinajstić information content (AvgIpc) is 3.43. The fraction of sp³-hybridized carbons (Fsp3) is 0.286. The van der Waals surface area contributed by atoms with Gasteiger partial charge in [0.25, 0.3) is 0 Å². The predicted molar refractivity (Wildman–Crippen MR) is 116 cm³/mol. The van der Waals surface area contributed by atoms with Crippen LogP contribution in [0.5, 0.6) is 0 Å². The second-order valence-corrected chi connectivity index (χ2v) is 9.15. The molecule has 0 radical (unpaired) electrons. The van der Waals surface area contributed by atoms with E-state index in [2.05, 4.69) is 20.8 Å². The van der Waals surface area contributed by atoms with Crippen molar-refractivity contribution in [3.63, 3.8) is 0 Å². The van der Waals surface area contributed by atoms with Gasteiger partial charge in [-0.15, -0.1) is 0 Å². The Morgan fingerprint density at radius 3 is 2.77 bits per heavy atom. The molecule has 0 atom stereocenters. The van der Waals surface area contributed by atoms with Crippen LogP contribution in [-0.4, -0.2) is 36.6 Å². The number of carbonyl (C=O) groups is 1. The molecule has 0 saturated heterocycles. The predicted octanol–water partition coefficient (Wildman–Crippen LogP) is 3.38. The average molecular weight is 423 g/mol. The highest BCUT2D eigenvalue weighted by atomic mass is 32.2. The number of hydrogen-bond donors (Lipinski definition) is 2. The molecule has 154 valence electrons. The Labute approximate surface area is 174 Å². The van der Waals surface area contributed by atoms with Gasteiger partial charge in [0, 0.05) is 28.9 Å². The molecule has 0 unspecified atom stereocenters. The Hall–Kier alpha value is -3.38. The van der Waals surface area contributed by atoms with Crippen LogP contribution in [0.2, 0.25) is 0 Å². The van der Waals surface area contributed by atoms with Gasteiger partial charge >= 0.3 is 0 Å². The summed E-state index contributed by atoms with van der Waals surface area (Å²) in [5.41, 5.74) is 2.69. The van der Waals surface area contributed by atoms with Crippen molar-refractivity contribution >= 4 is 39.0 Å². The van der Waals surface area contributed by atoms with E-state index < -0.39 is 10.0 Å². The zero-order chi connectivity index (χ0) is 21.3. The number of rotatable bonds is 8. The molecule has 1 aliphatic rings. The number of benzene rings is 1. The molecule has 4 rings (SSSR count). The molecule has 2 aromatic heterocycles. The van der Waals surface area contributed by atoms with E-state index in [1.807, 2.05) is 6.07 Å². The van der Waals surface area contributed by atoms with Crippen LogP contribution in [0.3, 0.4) is 0 Å². The molecule has 8 nitrogen and oxygen atoms in total. The van der Waals surface area contributed by atoms with E-state index in [1.54, 1.807) is 36.2 Å². The van der Waals surface area contributed by atoms with Crippen molar-refractivity contribution in [2.45, 2.75) is 32.2 Å². The van der Waals surface area contributed by atoms with Gasteiger partial charge in [0.1, 0.15) is 11.5 Å². The zero-order valence-electron chi connectivity index (χ0n) is 16.4. The van der Waals surface area contributed by atoms with Gasteiger partial charge in [-0.1, -0.05) is 13.0 Å². The van der Waals surface area contributed by atoms with E-state index in [1.165, 1.54) is 6.07 Å². The van der Waals surface area contributed by atoms with Gasteiger partial charge in [0.2, 0.25) is 16.4 Å². The summed E-state index contributed by atoms with van der Waals surface area (Å²) >= 11 is 0. The SMILES string of the molecule is CCCS(=O)(=O)Nc1ccc(-c2cc(N(C=O)C3CC3)nc3[nH]ccc23)c(C#N)c1. The molecular formula is C21H21N5O3S. The maximum atomic E-state index is 12.1. The largest absolute Gasteiger partial charge is 0.346 e. The van der Waals surface area contributed by atoms with Crippen LogP contribution in [-0.2, 0) is 14.8 Å². The molecule has 0 bridgehead atoms. The summed E-state index contributed by atoms with van der Waals surface area (Å²) in [7, 11) is -3.46. The first kappa shape index (κ1) is 19.9. The molecule has 3 aromatic rings. The van der Waals surface area contributed by atoms with Gasteiger partial charge in [-0.05, 0) is 49.1 Å². The normalized spacial score (nSPS) is 13.7. The Kier molecular flexibility index (Phi) is 5.18. The van der Waals surface area contributed by atoms with Crippen LogP contribution in [0.4, 0.5) is 11.5 Å². The van der Waals surface area contributed by atoms with E-state index in [-0.39, 0.29) is 11.8 Å². The van der Waals surface area contributed by atoms with E-state index >= 15 is 0 Å². The van der Waals surface area contributed by atoms with E-state index in [0.717, 1.165) is 30.2 Å². The Morgan fingerprint density at radius 1 is 1.30 bits per heavy atom. The lowest BCUT2D eigenvalue weighted by Gasteiger charge is -2.17. The molecule has 1 aliphatic carbocycles. The molecule has 1 saturated carbocycles. The van der Waals surface area contributed by atoms with Gasteiger partial charge in [0.15, 0.2) is 0 Å². The molecule has 0 aliphatic heterocycles. The van der Waals surface area contributed by atoms with Gasteiger partial charge in [-0.25, -0.2) is 13.4 Å². The molecule has 1 aromatic carbocycles. The highest BCUT2D eigenvalue weighted by Crippen LogP contribution is 2.36. The van der Waals surface area contributed by atoms with Crippen molar-refractivity contribution < 1.29 is 13.2 Å². The van der Waals surface area contributed by atoms with Crippen molar-refractivity contribution in [1.29, 1.82) is 5.26 Å². The summed E-state index contributed by atoms with van der Waals surface area (Å²) in [6.45, 7) is 1.79. The number of H-pyrrole nitrogens is 1. The number of amides is 1. The Morgan fingerprint density at radius 2 is 2.10 bits per heavy atom. The number of nitriles is 1. The number of nitrogens with zero attached hydrogens (tertiary/aromatic N) is 3. The summed E-state index contributed by atoms with van der Waals surface area (Å²) in [4.78, 5) is 20.9. The van der Waals surface area contributed by atoms with E-state index in [0.29, 0.717) is 34.7 Å². The standard InChI is InChI=1S/C21H21N5O3S/c1-2-9-30(28,29)25-15-3-6-17(14(10-15)12-22)19-11-20(26(13-27)16-4-5-16)24-21-18(19)7-8-23-21/h3,6-8,10-11,13,16,25H,2,4-5,9H2,1H3,(H,23,24). The maximum absolute atomic E-state index is 12.1. The third-order valence-corrected chi connectivity index (χ3v) is 6.50. The zero-order valence-corrected chi connectivity index (χ0v) is 17.2. The first-order valence-electron chi connectivity index (χ1n) is 9.72. The third kappa shape index (κ3) is 3.86. The summed E-state index contributed by atoms with van der Waals surface area (Å²) in [6.07, 6.45) is 4.92. The highest BCUT2D eigenvalue weighted by molar-refractivity contribution is 7.92. The molecule has 1 amide bonds. The number of sulfonamides is 1. The third-order valence-electron chi connectivity index (χ3n) is 5.01. The number of aromatic amines is 1. The minimum Gasteiger partial charge on any atom is -0.346 e. The molecule has 9 heteroatoms. The summed E-state index contributed by atoms with van der Waals surface area (Å²) in [5, 5.41) is 10.6. The summed E-state index contributed by atoms with van der Waals surface area (Å²) < 4.78 is 26.7. The van der Waals surface area contributed by atoms with Crippen molar-refractivity contribution in [2.75, 3.05) is 15.4 Å². The van der Waals surface area contributed by atoms with Crippen LogP contribution >= 0.6 is 0 Å². The molecule has 1 fully saturated rings. The van der Waals surface area contributed by atoms with Gasteiger partial charge in [0.05, 0.1) is 17.4 Å². The van der Waals surface area contributed by atoms with Crippen molar-refractivity contribution in [3.05, 3.63) is 42.1 Å². The second-order valence-electron chi connectivity index (χ2n) is 7.30. The molecule has 2 heterocycles. The quantitative estimate of drug-likeness (QED) is 0.538. The van der Waals surface area contributed by atoms with Crippen molar-refractivity contribution in [3.8, 4) is 17.2 Å².